The normalized spacial score (nSPS) is 14.4. The van der Waals surface area contributed by atoms with Crippen molar-refractivity contribution in [2.75, 3.05) is 0 Å². The van der Waals surface area contributed by atoms with Gasteiger partial charge in [0.25, 0.3) is 6.47 Å². The minimum absolute atomic E-state index is 0.148. The quantitative estimate of drug-likeness (QED) is 0.264. The lowest BCUT2D eigenvalue weighted by Gasteiger charge is -2.13. The van der Waals surface area contributed by atoms with Crippen LogP contribution in [0.2, 0.25) is 0 Å². The van der Waals surface area contributed by atoms with Crippen molar-refractivity contribution in [1.29, 1.82) is 0 Å². The van der Waals surface area contributed by atoms with E-state index in [4.69, 9.17) is 4.74 Å². The van der Waals surface area contributed by atoms with Crippen molar-refractivity contribution in [2.45, 2.75) is 40.5 Å². The van der Waals surface area contributed by atoms with Gasteiger partial charge in [-0.15, -0.1) is 0 Å². The summed E-state index contributed by atoms with van der Waals surface area (Å²) in [7, 11) is 0. The zero-order valence-electron chi connectivity index (χ0n) is 14.0. The van der Waals surface area contributed by atoms with Crippen molar-refractivity contribution in [3.05, 3.63) is 35.4 Å². The first-order chi connectivity index (χ1) is 10.8. The molecule has 0 aliphatic heterocycles. The second-order valence-corrected chi connectivity index (χ2v) is 5.46. The number of carbonyl (C=O) groups excluding carboxylic acids is 3. The van der Waals surface area contributed by atoms with E-state index in [9.17, 15) is 19.5 Å². The maximum Gasteiger partial charge on any atom is 0.298 e. The average molecular weight is 323 g/mol. The molecule has 0 rings (SSSR count). The fourth-order valence-corrected chi connectivity index (χ4v) is 1.83. The molecule has 0 aromatic rings. The molecule has 6 nitrogen and oxygen atoms in total. The Morgan fingerprint density at radius 3 is 2.43 bits per heavy atom. The highest BCUT2D eigenvalue weighted by Gasteiger charge is 2.16. The highest BCUT2D eigenvalue weighted by molar-refractivity contribution is 5.96. The van der Waals surface area contributed by atoms with E-state index in [-0.39, 0.29) is 34.7 Å². The number of rotatable bonds is 11. The van der Waals surface area contributed by atoms with Gasteiger partial charge in [-0.05, 0) is 26.0 Å². The molecule has 0 radical (unpaired) electrons. The molecular formula is C17H25NO5. The molecule has 0 bridgehead atoms. The number of aliphatic hydroxyl groups is 1. The van der Waals surface area contributed by atoms with E-state index in [1.54, 1.807) is 19.9 Å². The number of allylic oxidation sites excluding steroid dienone is 4. The largest absolute Gasteiger partial charge is 0.507 e. The van der Waals surface area contributed by atoms with Gasteiger partial charge in [-0.1, -0.05) is 26.8 Å². The molecule has 0 spiro atoms. The van der Waals surface area contributed by atoms with Crippen LogP contribution in [0.3, 0.4) is 0 Å². The van der Waals surface area contributed by atoms with Crippen LogP contribution in [-0.4, -0.2) is 23.8 Å². The van der Waals surface area contributed by atoms with E-state index in [2.05, 4.69) is 5.32 Å². The first kappa shape index (κ1) is 20.6. The van der Waals surface area contributed by atoms with E-state index in [0.717, 1.165) is 0 Å². The first-order valence-corrected chi connectivity index (χ1v) is 7.45. The van der Waals surface area contributed by atoms with Gasteiger partial charge in [-0.2, -0.15) is 0 Å². The smallest absolute Gasteiger partial charge is 0.298 e. The Hall–Kier alpha value is -2.37. The predicted molar refractivity (Wildman–Crippen MR) is 87.1 cm³/mol. The van der Waals surface area contributed by atoms with Gasteiger partial charge in [0.2, 0.25) is 6.41 Å². The molecule has 0 fully saturated rings. The van der Waals surface area contributed by atoms with Crippen molar-refractivity contribution in [3.63, 3.8) is 0 Å². The van der Waals surface area contributed by atoms with Crippen molar-refractivity contribution in [2.24, 2.45) is 11.8 Å². The third kappa shape index (κ3) is 7.99. The molecule has 0 aromatic heterocycles. The number of ketones is 1. The van der Waals surface area contributed by atoms with Crippen LogP contribution < -0.4 is 5.32 Å². The summed E-state index contributed by atoms with van der Waals surface area (Å²) in [4.78, 5) is 32.6. The van der Waals surface area contributed by atoms with Crippen molar-refractivity contribution >= 4 is 18.7 Å². The standard InChI is InChI=1S/C17H25NO5/c1-12(2)17(22)14(4)15(21)9-16(23-11-20)13(3)7-5-6-8-18-10-19/h6,8-13,21H,5,7H2,1-4H3,(H,18,19)/b8-6+,15-14-,16-9-. The SMILES string of the molecule is C/C(C(=O)C(C)C)=C(O)\C=C(/OC=O)C(C)CC/C=C/NC=O. The van der Waals surface area contributed by atoms with Crippen LogP contribution in [0.25, 0.3) is 0 Å². The lowest BCUT2D eigenvalue weighted by Crippen LogP contribution is -2.11. The van der Waals surface area contributed by atoms with Crippen LogP contribution in [0.1, 0.15) is 40.5 Å². The summed E-state index contributed by atoms with van der Waals surface area (Å²) in [6, 6.07) is 0. The predicted octanol–water partition coefficient (Wildman–Crippen LogP) is 2.78. The van der Waals surface area contributed by atoms with Crippen molar-refractivity contribution < 1.29 is 24.2 Å². The van der Waals surface area contributed by atoms with Gasteiger partial charge in [0.1, 0.15) is 11.5 Å². The fourth-order valence-electron chi connectivity index (χ4n) is 1.83. The summed E-state index contributed by atoms with van der Waals surface area (Å²) < 4.78 is 4.92. The molecule has 0 aliphatic rings. The second kappa shape index (κ2) is 11.2. The summed E-state index contributed by atoms with van der Waals surface area (Å²) in [5.41, 5.74) is 0.231. The highest BCUT2D eigenvalue weighted by Crippen LogP contribution is 2.20. The first-order valence-electron chi connectivity index (χ1n) is 7.45. The van der Waals surface area contributed by atoms with Gasteiger partial charge in [-0.25, -0.2) is 0 Å². The average Bonchev–Trinajstić information content (AvgIpc) is 2.52. The molecule has 0 heterocycles. The zero-order chi connectivity index (χ0) is 17.8. The maximum absolute atomic E-state index is 11.9. The number of carbonyl (C=O) groups is 3. The number of hydrogen-bond donors (Lipinski definition) is 2. The third-order valence-corrected chi connectivity index (χ3v) is 3.28. The summed E-state index contributed by atoms with van der Waals surface area (Å²) in [5, 5.41) is 12.4. The van der Waals surface area contributed by atoms with Gasteiger partial charge in [0.05, 0.1) is 0 Å². The van der Waals surface area contributed by atoms with Crippen LogP contribution in [0.5, 0.6) is 0 Å². The molecular weight excluding hydrogens is 298 g/mol. The molecule has 1 unspecified atom stereocenters. The molecule has 2 N–H and O–H groups in total. The monoisotopic (exact) mass is 323 g/mol. The third-order valence-electron chi connectivity index (χ3n) is 3.28. The van der Waals surface area contributed by atoms with Gasteiger partial charge in [0.15, 0.2) is 5.78 Å². The van der Waals surface area contributed by atoms with E-state index < -0.39 is 0 Å². The van der Waals surface area contributed by atoms with Crippen LogP contribution >= 0.6 is 0 Å². The maximum atomic E-state index is 11.9. The molecule has 6 heteroatoms. The summed E-state index contributed by atoms with van der Waals surface area (Å²) >= 11 is 0. The number of Topliss-reactive ketones (excluding diaryl/α,β-unsaturated/α-hetero) is 1. The summed E-state index contributed by atoms with van der Waals surface area (Å²) in [6.45, 7) is 7.15. The Bertz CT molecular complexity index is 503. The molecule has 1 amide bonds. The van der Waals surface area contributed by atoms with Crippen LogP contribution in [0, 0.1) is 11.8 Å². The number of aliphatic hydroxyl groups excluding tert-OH is 1. The number of amides is 1. The van der Waals surface area contributed by atoms with E-state index in [1.807, 2.05) is 6.92 Å². The van der Waals surface area contributed by atoms with Gasteiger partial charge in [0, 0.05) is 23.5 Å². The Labute approximate surface area is 136 Å². The minimum Gasteiger partial charge on any atom is -0.507 e. The lowest BCUT2D eigenvalue weighted by molar-refractivity contribution is -0.125. The number of ether oxygens (including phenoxy) is 1. The van der Waals surface area contributed by atoms with E-state index >= 15 is 0 Å². The molecule has 0 aliphatic carbocycles. The second-order valence-electron chi connectivity index (χ2n) is 5.46. The molecule has 1 atom stereocenters. The summed E-state index contributed by atoms with van der Waals surface area (Å²) in [6.07, 6.45) is 6.45. The number of nitrogens with one attached hydrogen (secondary N) is 1. The van der Waals surface area contributed by atoms with E-state index in [0.29, 0.717) is 25.7 Å². The Balaban J connectivity index is 5.06. The van der Waals surface area contributed by atoms with Gasteiger partial charge < -0.3 is 15.2 Å². The minimum atomic E-state index is -0.228. The van der Waals surface area contributed by atoms with Gasteiger partial charge >= 0.3 is 0 Å². The van der Waals surface area contributed by atoms with Gasteiger partial charge in [-0.3, -0.25) is 14.4 Å². The number of hydrogen-bond acceptors (Lipinski definition) is 5. The zero-order valence-corrected chi connectivity index (χ0v) is 14.0. The molecule has 0 aromatic carbocycles. The van der Waals surface area contributed by atoms with Crippen LogP contribution in [0.15, 0.2) is 35.4 Å². The fraction of sp³-hybridized carbons (Fsp3) is 0.471. The van der Waals surface area contributed by atoms with Crippen LogP contribution in [0.4, 0.5) is 0 Å². The summed E-state index contributed by atoms with van der Waals surface area (Å²) in [5.74, 6) is -0.463. The lowest BCUT2D eigenvalue weighted by atomic mass is 9.99. The Morgan fingerprint density at radius 1 is 1.26 bits per heavy atom. The van der Waals surface area contributed by atoms with E-state index in [1.165, 1.54) is 19.2 Å². The highest BCUT2D eigenvalue weighted by atomic mass is 16.5. The molecule has 128 valence electrons. The topological polar surface area (TPSA) is 92.7 Å². The molecule has 23 heavy (non-hydrogen) atoms. The molecule has 0 saturated carbocycles. The Kier molecular flexibility index (Phi) is 10.1. The molecule has 0 saturated heterocycles. The van der Waals surface area contributed by atoms with Crippen molar-refractivity contribution in [3.8, 4) is 0 Å². The van der Waals surface area contributed by atoms with Crippen molar-refractivity contribution in [1.82, 2.24) is 5.32 Å². The van der Waals surface area contributed by atoms with Crippen LogP contribution in [-0.2, 0) is 19.1 Å². The Morgan fingerprint density at radius 2 is 1.91 bits per heavy atom.